The summed E-state index contributed by atoms with van der Waals surface area (Å²) in [4.78, 5) is 5.47. The van der Waals surface area contributed by atoms with Gasteiger partial charge in [0, 0.05) is 11.1 Å². The number of hydrogen-bond acceptors (Lipinski definition) is 6. The van der Waals surface area contributed by atoms with Crippen molar-refractivity contribution in [2.75, 3.05) is 14.2 Å². The molecule has 0 saturated carbocycles. The van der Waals surface area contributed by atoms with Crippen molar-refractivity contribution >= 4 is 16.3 Å². The Hall–Kier alpha value is -3.37. The monoisotopic (exact) mass is 376 g/mol. The van der Waals surface area contributed by atoms with Crippen molar-refractivity contribution in [1.82, 2.24) is 14.6 Å². The van der Waals surface area contributed by atoms with E-state index >= 15 is 0 Å². The third-order valence-corrected chi connectivity index (χ3v) is 5.25. The smallest absolute Gasteiger partial charge is 0.213 e. The molecule has 0 bridgehead atoms. The van der Waals surface area contributed by atoms with Gasteiger partial charge in [0.25, 0.3) is 0 Å². The Morgan fingerprint density at radius 1 is 1.00 bits per heavy atom. The van der Waals surface area contributed by atoms with Gasteiger partial charge in [-0.3, -0.25) is 0 Å². The Bertz CT molecular complexity index is 1170. The van der Waals surface area contributed by atoms with Crippen molar-refractivity contribution in [3.05, 3.63) is 53.7 Å². The van der Waals surface area contributed by atoms with Crippen molar-refractivity contribution in [2.24, 2.45) is 0 Å². The zero-order valence-electron chi connectivity index (χ0n) is 15.1. The minimum Gasteiger partial charge on any atom is -0.493 e. The molecule has 0 unspecified atom stereocenters. The molecule has 0 amide bonds. The first-order valence-electron chi connectivity index (χ1n) is 8.23. The Morgan fingerprint density at radius 2 is 1.70 bits per heavy atom. The third kappa shape index (κ3) is 2.90. The van der Waals surface area contributed by atoms with Crippen LogP contribution in [0.1, 0.15) is 11.3 Å². The van der Waals surface area contributed by atoms with Crippen LogP contribution in [0, 0.1) is 18.3 Å². The largest absolute Gasteiger partial charge is 0.493 e. The van der Waals surface area contributed by atoms with E-state index in [1.165, 1.54) is 11.3 Å². The van der Waals surface area contributed by atoms with Crippen LogP contribution in [-0.4, -0.2) is 28.8 Å². The molecular formula is C20H16N4O2S. The van der Waals surface area contributed by atoms with Crippen molar-refractivity contribution in [3.63, 3.8) is 0 Å². The van der Waals surface area contributed by atoms with E-state index in [1.54, 1.807) is 26.4 Å². The first-order chi connectivity index (χ1) is 13.1. The molecule has 7 heteroatoms. The molecule has 2 aromatic heterocycles. The zero-order valence-corrected chi connectivity index (χ0v) is 15.9. The maximum atomic E-state index is 9.00. The molecule has 0 spiro atoms. The number of aryl methyl sites for hydroxylation is 1. The Morgan fingerprint density at radius 3 is 2.37 bits per heavy atom. The third-order valence-electron chi connectivity index (χ3n) is 4.30. The van der Waals surface area contributed by atoms with E-state index in [-0.39, 0.29) is 0 Å². The standard InChI is InChI=1S/C20H16N4O2S/c1-12-18(14-6-4-13(11-21)5-7-14)24-20(22-12)27-19(23-24)15-8-9-16(25-2)17(10-15)26-3/h4-10H,1-3H3. The summed E-state index contributed by atoms with van der Waals surface area (Å²) in [7, 11) is 3.23. The van der Waals surface area contributed by atoms with Gasteiger partial charge in [-0.1, -0.05) is 23.5 Å². The molecule has 27 heavy (non-hydrogen) atoms. The van der Waals surface area contributed by atoms with Gasteiger partial charge in [0.15, 0.2) is 11.5 Å². The Kier molecular flexibility index (Phi) is 4.26. The lowest BCUT2D eigenvalue weighted by Crippen LogP contribution is -1.93. The van der Waals surface area contributed by atoms with Gasteiger partial charge in [0.1, 0.15) is 5.01 Å². The van der Waals surface area contributed by atoms with Gasteiger partial charge < -0.3 is 9.47 Å². The SMILES string of the molecule is COc1ccc(-c2nn3c(-c4ccc(C#N)cc4)c(C)nc3s2)cc1OC. The molecule has 4 aromatic rings. The summed E-state index contributed by atoms with van der Waals surface area (Å²) in [5.74, 6) is 1.34. The summed E-state index contributed by atoms with van der Waals surface area (Å²) >= 11 is 1.51. The van der Waals surface area contributed by atoms with Crippen LogP contribution < -0.4 is 9.47 Å². The van der Waals surface area contributed by atoms with Crippen LogP contribution in [0.5, 0.6) is 11.5 Å². The topological polar surface area (TPSA) is 72.4 Å². The predicted octanol–water partition coefficient (Wildman–Crippen LogP) is 4.32. The minimum atomic E-state index is 0.626. The van der Waals surface area contributed by atoms with Crippen molar-refractivity contribution in [2.45, 2.75) is 6.92 Å². The lowest BCUT2D eigenvalue weighted by atomic mass is 10.1. The molecule has 2 aromatic carbocycles. The average Bonchev–Trinajstić information content (AvgIpc) is 3.24. The second kappa shape index (κ2) is 6.74. The number of imidazole rings is 1. The van der Waals surface area contributed by atoms with Crippen LogP contribution in [0.3, 0.4) is 0 Å². The molecule has 134 valence electrons. The highest BCUT2D eigenvalue weighted by Gasteiger charge is 2.17. The Labute approximate surface area is 160 Å². The summed E-state index contributed by atoms with van der Waals surface area (Å²) in [6, 6.07) is 15.3. The van der Waals surface area contributed by atoms with Gasteiger partial charge in [0.05, 0.1) is 37.2 Å². The first kappa shape index (κ1) is 17.1. The maximum absolute atomic E-state index is 9.00. The number of nitrogens with zero attached hydrogens (tertiary/aromatic N) is 4. The second-order valence-electron chi connectivity index (χ2n) is 5.91. The van der Waals surface area contributed by atoms with Gasteiger partial charge in [-0.25, -0.2) is 9.50 Å². The molecule has 0 aliphatic heterocycles. The van der Waals surface area contributed by atoms with Gasteiger partial charge in [-0.05, 0) is 37.3 Å². The highest BCUT2D eigenvalue weighted by Crippen LogP contribution is 2.35. The lowest BCUT2D eigenvalue weighted by Gasteiger charge is -2.08. The van der Waals surface area contributed by atoms with Crippen LogP contribution in [0.4, 0.5) is 0 Å². The number of benzene rings is 2. The van der Waals surface area contributed by atoms with Gasteiger partial charge >= 0.3 is 0 Å². The predicted molar refractivity (Wildman–Crippen MR) is 104 cm³/mol. The van der Waals surface area contributed by atoms with Gasteiger partial charge in [0.2, 0.25) is 4.96 Å². The summed E-state index contributed by atoms with van der Waals surface area (Å²) < 4.78 is 12.5. The minimum absolute atomic E-state index is 0.626. The number of fused-ring (bicyclic) bond motifs is 1. The highest BCUT2D eigenvalue weighted by molar-refractivity contribution is 7.19. The average molecular weight is 376 g/mol. The molecule has 0 N–H and O–H groups in total. The van der Waals surface area contributed by atoms with Crippen LogP contribution >= 0.6 is 11.3 Å². The van der Waals surface area contributed by atoms with E-state index in [0.717, 1.165) is 32.5 Å². The molecule has 6 nitrogen and oxygen atoms in total. The Balaban J connectivity index is 1.82. The normalized spacial score (nSPS) is 10.7. The van der Waals surface area contributed by atoms with E-state index < -0.39 is 0 Å². The maximum Gasteiger partial charge on any atom is 0.213 e. The number of rotatable bonds is 4. The van der Waals surface area contributed by atoms with Crippen LogP contribution in [-0.2, 0) is 0 Å². The number of ether oxygens (including phenoxy) is 2. The van der Waals surface area contributed by atoms with Crippen LogP contribution in [0.25, 0.3) is 26.8 Å². The lowest BCUT2D eigenvalue weighted by molar-refractivity contribution is 0.355. The van der Waals surface area contributed by atoms with Crippen molar-refractivity contribution in [1.29, 1.82) is 5.26 Å². The van der Waals surface area contributed by atoms with Crippen LogP contribution in [0.15, 0.2) is 42.5 Å². The van der Waals surface area contributed by atoms with E-state index in [1.807, 2.05) is 41.8 Å². The fourth-order valence-corrected chi connectivity index (χ4v) is 3.91. The number of nitriles is 1. The van der Waals surface area contributed by atoms with E-state index in [4.69, 9.17) is 19.8 Å². The molecular weight excluding hydrogens is 360 g/mol. The molecule has 0 radical (unpaired) electrons. The van der Waals surface area contributed by atoms with Gasteiger partial charge in [-0.15, -0.1) is 0 Å². The summed E-state index contributed by atoms with van der Waals surface area (Å²) in [5, 5.41) is 14.6. The quantitative estimate of drug-likeness (QED) is 0.530. The summed E-state index contributed by atoms with van der Waals surface area (Å²) in [6.45, 7) is 1.96. The first-order valence-corrected chi connectivity index (χ1v) is 9.05. The number of aromatic nitrogens is 3. The van der Waals surface area contributed by atoms with E-state index in [9.17, 15) is 0 Å². The molecule has 0 atom stereocenters. The zero-order chi connectivity index (χ0) is 19.0. The molecule has 0 saturated heterocycles. The summed E-state index contributed by atoms with van der Waals surface area (Å²) in [6.07, 6.45) is 0. The molecule has 0 aliphatic rings. The molecule has 0 fully saturated rings. The molecule has 2 heterocycles. The highest BCUT2D eigenvalue weighted by atomic mass is 32.1. The van der Waals surface area contributed by atoms with Crippen LogP contribution in [0.2, 0.25) is 0 Å². The van der Waals surface area contributed by atoms with Crippen molar-refractivity contribution < 1.29 is 9.47 Å². The van der Waals surface area contributed by atoms with E-state index in [2.05, 4.69) is 11.1 Å². The number of hydrogen-bond donors (Lipinski definition) is 0. The molecule has 0 aliphatic carbocycles. The fraction of sp³-hybridized carbons (Fsp3) is 0.150. The van der Waals surface area contributed by atoms with Gasteiger partial charge in [-0.2, -0.15) is 10.4 Å². The summed E-state index contributed by atoms with van der Waals surface area (Å²) in [5.41, 5.74) is 4.37. The fourth-order valence-electron chi connectivity index (χ4n) is 2.97. The second-order valence-corrected chi connectivity index (χ2v) is 6.86. The van der Waals surface area contributed by atoms with Crippen molar-refractivity contribution in [3.8, 4) is 39.4 Å². The molecule has 4 rings (SSSR count). The van der Waals surface area contributed by atoms with E-state index in [0.29, 0.717) is 17.1 Å². The number of methoxy groups -OCH3 is 2.